The Morgan fingerprint density at radius 3 is 2.69 bits per heavy atom. The first-order chi connectivity index (χ1) is 7.54. The van der Waals surface area contributed by atoms with E-state index in [0.717, 1.165) is 0 Å². The summed E-state index contributed by atoms with van der Waals surface area (Å²) in [6.07, 6.45) is 0.556. The van der Waals surface area contributed by atoms with Crippen molar-refractivity contribution in [3.8, 4) is 5.88 Å². The predicted octanol–water partition coefficient (Wildman–Crippen LogP) is 2.45. The van der Waals surface area contributed by atoms with Crippen LogP contribution in [0.25, 0.3) is 0 Å². The van der Waals surface area contributed by atoms with Gasteiger partial charge in [-0.1, -0.05) is 13.0 Å². The maximum absolute atomic E-state index is 11.0. The fraction of sp³-hybridized carbons (Fsp3) is 0.500. The minimum absolute atomic E-state index is 0.0349. The third-order valence-electron chi connectivity index (χ3n) is 2.16. The number of hydrogen-bond acceptors (Lipinski definition) is 3. The predicted molar refractivity (Wildman–Crippen MR) is 60.7 cm³/mol. The van der Waals surface area contributed by atoms with Crippen molar-refractivity contribution >= 4 is 5.97 Å². The minimum atomic E-state index is -0.850. The molecule has 4 heteroatoms. The molecular formula is C12H17NO3. The number of pyridine rings is 1. The van der Waals surface area contributed by atoms with Crippen LogP contribution < -0.4 is 4.74 Å². The van der Waals surface area contributed by atoms with Gasteiger partial charge >= 0.3 is 5.97 Å². The molecule has 16 heavy (non-hydrogen) atoms. The molecule has 0 aliphatic rings. The number of carbonyl (C=O) groups is 1. The summed E-state index contributed by atoms with van der Waals surface area (Å²) in [7, 11) is 0. The summed E-state index contributed by atoms with van der Waals surface area (Å²) in [5, 5.41) is 9.02. The summed E-state index contributed by atoms with van der Waals surface area (Å²) in [5.41, 5.74) is 0.549. The van der Waals surface area contributed by atoms with Crippen LogP contribution in [-0.4, -0.2) is 22.2 Å². The Morgan fingerprint density at radius 1 is 1.50 bits per heavy atom. The summed E-state index contributed by atoms with van der Waals surface area (Å²) < 4.78 is 5.43. The summed E-state index contributed by atoms with van der Waals surface area (Å²) >= 11 is 0. The number of rotatable bonds is 5. The Kier molecular flexibility index (Phi) is 4.28. The van der Waals surface area contributed by atoms with Crippen LogP contribution in [0.3, 0.4) is 0 Å². The minimum Gasteiger partial charge on any atom is -0.481 e. The molecule has 0 bridgehead atoms. The highest BCUT2D eigenvalue weighted by atomic mass is 16.5. The smallest absolute Gasteiger partial charge is 0.312 e. The molecule has 4 nitrogen and oxygen atoms in total. The maximum atomic E-state index is 11.0. The third-order valence-corrected chi connectivity index (χ3v) is 2.16. The standard InChI is InChI=1S/C12H17NO3/c1-4-9(12(14)15)10-6-5-7-11(13-10)16-8(2)3/h5-9H,4H2,1-3H3,(H,14,15). The first-order valence-electron chi connectivity index (χ1n) is 5.41. The molecule has 0 aliphatic carbocycles. The Morgan fingerprint density at radius 2 is 2.19 bits per heavy atom. The topological polar surface area (TPSA) is 59.4 Å². The van der Waals surface area contributed by atoms with E-state index in [4.69, 9.17) is 9.84 Å². The van der Waals surface area contributed by atoms with Crippen LogP contribution in [0.1, 0.15) is 38.8 Å². The summed E-state index contributed by atoms with van der Waals surface area (Å²) in [4.78, 5) is 15.2. The van der Waals surface area contributed by atoms with Gasteiger partial charge in [0.15, 0.2) is 0 Å². The number of carboxylic acids is 1. The van der Waals surface area contributed by atoms with Crippen molar-refractivity contribution in [2.24, 2.45) is 0 Å². The molecule has 1 aromatic rings. The van der Waals surface area contributed by atoms with Gasteiger partial charge in [-0.15, -0.1) is 0 Å². The molecule has 1 rings (SSSR count). The molecule has 0 saturated heterocycles. The van der Waals surface area contributed by atoms with E-state index in [0.29, 0.717) is 18.0 Å². The molecule has 0 aliphatic heterocycles. The van der Waals surface area contributed by atoms with E-state index in [1.54, 1.807) is 18.2 Å². The fourth-order valence-corrected chi connectivity index (χ4v) is 1.44. The van der Waals surface area contributed by atoms with Crippen molar-refractivity contribution in [2.75, 3.05) is 0 Å². The molecule has 0 aromatic carbocycles. The van der Waals surface area contributed by atoms with Gasteiger partial charge in [0.25, 0.3) is 0 Å². The van der Waals surface area contributed by atoms with Crippen molar-refractivity contribution < 1.29 is 14.6 Å². The lowest BCUT2D eigenvalue weighted by molar-refractivity contribution is -0.138. The van der Waals surface area contributed by atoms with Crippen LogP contribution >= 0.6 is 0 Å². The van der Waals surface area contributed by atoms with Gasteiger partial charge in [-0.05, 0) is 26.3 Å². The van der Waals surface area contributed by atoms with E-state index in [1.807, 2.05) is 20.8 Å². The molecule has 0 fully saturated rings. The van der Waals surface area contributed by atoms with Crippen LogP contribution in [-0.2, 0) is 4.79 Å². The summed E-state index contributed by atoms with van der Waals surface area (Å²) in [6, 6.07) is 5.22. The average molecular weight is 223 g/mol. The van der Waals surface area contributed by atoms with Gasteiger partial charge in [-0.2, -0.15) is 0 Å². The summed E-state index contributed by atoms with van der Waals surface area (Å²) in [6.45, 7) is 5.64. The molecule has 0 amide bonds. The number of aliphatic carboxylic acids is 1. The first kappa shape index (κ1) is 12.5. The molecule has 0 saturated carbocycles. The fourth-order valence-electron chi connectivity index (χ4n) is 1.44. The first-order valence-corrected chi connectivity index (χ1v) is 5.41. The Bertz CT molecular complexity index is 363. The van der Waals surface area contributed by atoms with Gasteiger partial charge in [0.05, 0.1) is 17.7 Å². The second kappa shape index (κ2) is 5.49. The highest BCUT2D eigenvalue weighted by molar-refractivity contribution is 5.75. The second-order valence-corrected chi connectivity index (χ2v) is 3.87. The van der Waals surface area contributed by atoms with Crippen LogP contribution in [0.5, 0.6) is 5.88 Å². The van der Waals surface area contributed by atoms with Gasteiger partial charge in [0, 0.05) is 6.07 Å². The van der Waals surface area contributed by atoms with E-state index in [9.17, 15) is 4.79 Å². The normalized spacial score (nSPS) is 12.5. The monoisotopic (exact) mass is 223 g/mol. The molecule has 88 valence electrons. The Labute approximate surface area is 95.3 Å². The number of carboxylic acid groups (broad SMARTS) is 1. The number of hydrogen-bond donors (Lipinski definition) is 1. The van der Waals surface area contributed by atoms with Gasteiger partial charge in [0.1, 0.15) is 0 Å². The second-order valence-electron chi connectivity index (χ2n) is 3.87. The zero-order valence-corrected chi connectivity index (χ0v) is 9.80. The van der Waals surface area contributed by atoms with E-state index in [2.05, 4.69) is 4.98 Å². The molecular weight excluding hydrogens is 206 g/mol. The molecule has 0 radical (unpaired) electrons. The molecule has 1 unspecified atom stereocenters. The van der Waals surface area contributed by atoms with Gasteiger partial charge < -0.3 is 9.84 Å². The van der Waals surface area contributed by atoms with E-state index < -0.39 is 11.9 Å². The molecule has 0 spiro atoms. The third kappa shape index (κ3) is 3.22. The highest BCUT2D eigenvalue weighted by Crippen LogP contribution is 2.20. The van der Waals surface area contributed by atoms with E-state index >= 15 is 0 Å². The molecule has 1 atom stereocenters. The number of aromatic nitrogens is 1. The van der Waals surface area contributed by atoms with Crippen molar-refractivity contribution in [2.45, 2.75) is 39.2 Å². The zero-order valence-electron chi connectivity index (χ0n) is 9.80. The average Bonchev–Trinajstić information content (AvgIpc) is 2.17. The molecule has 1 aromatic heterocycles. The van der Waals surface area contributed by atoms with Crippen LogP contribution in [0.2, 0.25) is 0 Å². The van der Waals surface area contributed by atoms with Crippen molar-refractivity contribution in [1.82, 2.24) is 4.98 Å². The Hall–Kier alpha value is -1.58. The van der Waals surface area contributed by atoms with E-state index in [-0.39, 0.29) is 6.10 Å². The lowest BCUT2D eigenvalue weighted by atomic mass is 10.0. The lowest BCUT2D eigenvalue weighted by Gasteiger charge is -2.12. The van der Waals surface area contributed by atoms with Gasteiger partial charge in [0.2, 0.25) is 5.88 Å². The van der Waals surface area contributed by atoms with Crippen molar-refractivity contribution in [3.05, 3.63) is 23.9 Å². The van der Waals surface area contributed by atoms with Crippen molar-refractivity contribution in [3.63, 3.8) is 0 Å². The molecule has 1 heterocycles. The number of ether oxygens (including phenoxy) is 1. The maximum Gasteiger partial charge on any atom is 0.312 e. The van der Waals surface area contributed by atoms with Crippen molar-refractivity contribution in [1.29, 1.82) is 0 Å². The zero-order chi connectivity index (χ0) is 12.1. The van der Waals surface area contributed by atoms with E-state index in [1.165, 1.54) is 0 Å². The summed E-state index contributed by atoms with van der Waals surface area (Å²) in [5.74, 6) is -0.931. The Balaban J connectivity index is 2.92. The highest BCUT2D eigenvalue weighted by Gasteiger charge is 2.19. The largest absolute Gasteiger partial charge is 0.481 e. The van der Waals surface area contributed by atoms with Gasteiger partial charge in [-0.25, -0.2) is 4.98 Å². The quantitative estimate of drug-likeness (QED) is 0.832. The van der Waals surface area contributed by atoms with Crippen LogP contribution in [0, 0.1) is 0 Å². The number of nitrogens with zero attached hydrogens (tertiary/aromatic N) is 1. The van der Waals surface area contributed by atoms with Crippen LogP contribution in [0.15, 0.2) is 18.2 Å². The van der Waals surface area contributed by atoms with Crippen LogP contribution in [0.4, 0.5) is 0 Å². The van der Waals surface area contributed by atoms with Gasteiger partial charge in [-0.3, -0.25) is 4.79 Å². The SMILES string of the molecule is CCC(C(=O)O)c1cccc(OC(C)C)n1. The lowest BCUT2D eigenvalue weighted by Crippen LogP contribution is -2.13. The molecule has 1 N–H and O–H groups in total.